The first-order valence-corrected chi connectivity index (χ1v) is 5.04. The summed E-state index contributed by atoms with van der Waals surface area (Å²) in [5.41, 5.74) is 10.7. The molecule has 0 radical (unpaired) electrons. The lowest BCUT2D eigenvalue weighted by molar-refractivity contribution is -0.150. The van der Waals surface area contributed by atoms with Gasteiger partial charge in [-0.2, -0.15) is 0 Å². The highest BCUT2D eigenvalue weighted by Gasteiger charge is 2.06. The molecule has 0 aliphatic rings. The van der Waals surface area contributed by atoms with Crippen molar-refractivity contribution in [2.45, 2.75) is 6.42 Å². The zero-order valence-electron chi connectivity index (χ0n) is 9.54. The summed E-state index contributed by atoms with van der Waals surface area (Å²) in [5.74, 6) is -0.936. The van der Waals surface area contributed by atoms with Crippen LogP contribution in [0.2, 0.25) is 0 Å². The first-order valence-electron chi connectivity index (χ1n) is 5.04. The molecule has 7 heteroatoms. The van der Waals surface area contributed by atoms with Crippen LogP contribution in [0.4, 0.5) is 4.79 Å². The second kappa shape index (κ2) is 6.89. The number of ether oxygens (including phenoxy) is 2. The Bertz CT molecular complexity index is 441. The Hall–Kier alpha value is -2.57. The summed E-state index contributed by atoms with van der Waals surface area (Å²) in [4.78, 5) is 25.2. The Kier molecular flexibility index (Phi) is 5.17. The van der Waals surface area contributed by atoms with Crippen LogP contribution in [0.1, 0.15) is 5.56 Å². The zero-order valence-corrected chi connectivity index (χ0v) is 9.54. The highest BCUT2D eigenvalue weighted by atomic mass is 16.7. The molecule has 0 saturated heterocycles. The van der Waals surface area contributed by atoms with Crippen molar-refractivity contribution in [1.29, 1.82) is 0 Å². The van der Waals surface area contributed by atoms with Gasteiger partial charge in [-0.25, -0.2) is 4.79 Å². The second-order valence-electron chi connectivity index (χ2n) is 3.24. The number of hydrogen-bond acceptors (Lipinski definition) is 4. The molecule has 0 fully saturated rings. The third-order valence-corrected chi connectivity index (χ3v) is 1.81. The Balaban J connectivity index is 2.26. The lowest BCUT2D eigenvalue weighted by Gasteiger charge is -2.04. The van der Waals surface area contributed by atoms with E-state index < -0.39 is 24.8 Å². The van der Waals surface area contributed by atoms with Crippen molar-refractivity contribution in [3.8, 4) is 0 Å². The van der Waals surface area contributed by atoms with Gasteiger partial charge in [0.25, 0.3) is 0 Å². The van der Waals surface area contributed by atoms with Gasteiger partial charge in [0.1, 0.15) is 0 Å². The van der Waals surface area contributed by atoms with E-state index >= 15 is 0 Å². The van der Waals surface area contributed by atoms with Crippen LogP contribution in [0.15, 0.2) is 35.3 Å². The first kappa shape index (κ1) is 13.5. The Morgan fingerprint density at radius 2 is 1.78 bits per heavy atom. The van der Waals surface area contributed by atoms with E-state index in [1.54, 1.807) is 24.3 Å². The van der Waals surface area contributed by atoms with Gasteiger partial charge >= 0.3 is 12.1 Å². The summed E-state index contributed by atoms with van der Waals surface area (Å²) in [6.07, 6.45) is -0.914. The summed E-state index contributed by atoms with van der Waals surface area (Å²) in [6, 6.07) is 9.02. The highest BCUT2D eigenvalue weighted by molar-refractivity contribution is 5.87. The van der Waals surface area contributed by atoms with Gasteiger partial charge in [0.15, 0.2) is 5.96 Å². The molecule has 0 aliphatic heterocycles. The summed E-state index contributed by atoms with van der Waals surface area (Å²) in [6.45, 7) is -0.527. The van der Waals surface area contributed by atoms with Crippen molar-refractivity contribution in [2.24, 2.45) is 16.5 Å². The maximum absolute atomic E-state index is 11.3. The van der Waals surface area contributed by atoms with Gasteiger partial charge in [-0.3, -0.25) is 4.79 Å². The van der Waals surface area contributed by atoms with Gasteiger partial charge in [0.05, 0.1) is 6.42 Å². The van der Waals surface area contributed by atoms with E-state index in [2.05, 4.69) is 14.5 Å². The van der Waals surface area contributed by atoms with Gasteiger partial charge in [0.2, 0.25) is 6.79 Å². The molecule has 1 amide bonds. The molecule has 1 rings (SSSR count). The van der Waals surface area contributed by atoms with Crippen molar-refractivity contribution in [2.75, 3.05) is 6.79 Å². The Morgan fingerprint density at radius 1 is 1.11 bits per heavy atom. The highest BCUT2D eigenvalue weighted by Crippen LogP contribution is 2.00. The van der Waals surface area contributed by atoms with Crippen LogP contribution in [-0.2, 0) is 20.7 Å². The SMILES string of the molecule is NC(N)=NC(=O)OCOC(=O)Cc1ccccc1. The van der Waals surface area contributed by atoms with E-state index in [0.29, 0.717) is 0 Å². The third-order valence-electron chi connectivity index (χ3n) is 1.81. The number of amides is 1. The number of hydrogen-bond donors (Lipinski definition) is 2. The molecule has 0 bridgehead atoms. The molecule has 0 unspecified atom stereocenters. The third kappa shape index (κ3) is 5.50. The van der Waals surface area contributed by atoms with Crippen LogP contribution in [0, 0.1) is 0 Å². The van der Waals surface area contributed by atoms with Gasteiger partial charge in [-0.15, -0.1) is 4.99 Å². The molecule has 96 valence electrons. The summed E-state index contributed by atoms with van der Waals surface area (Å²) < 4.78 is 9.10. The fraction of sp³-hybridized carbons (Fsp3) is 0.182. The number of nitrogens with two attached hydrogens (primary N) is 2. The Labute approximate surface area is 103 Å². The van der Waals surface area contributed by atoms with E-state index in [-0.39, 0.29) is 6.42 Å². The predicted octanol–water partition coefficient (Wildman–Crippen LogP) is 0.140. The zero-order chi connectivity index (χ0) is 13.4. The van der Waals surface area contributed by atoms with Crippen LogP contribution >= 0.6 is 0 Å². The smallest absolute Gasteiger partial charge is 0.428 e. The van der Waals surface area contributed by atoms with Crippen LogP contribution in [0.25, 0.3) is 0 Å². The molecule has 1 aromatic rings. The van der Waals surface area contributed by atoms with E-state index in [4.69, 9.17) is 11.5 Å². The lowest BCUT2D eigenvalue weighted by Crippen LogP contribution is -2.24. The van der Waals surface area contributed by atoms with Crippen LogP contribution in [-0.4, -0.2) is 24.8 Å². The molecule has 0 heterocycles. The summed E-state index contributed by atoms with van der Waals surface area (Å²) >= 11 is 0. The Morgan fingerprint density at radius 3 is 2.39 bits per heavy atom. The van der Waals surface area contributed by atoms with Crippen molar-refractivity contribution in [1.82, 2.24) is 0 Å². The quantitative estimate of drug-likeness (QED) is 0.340. The monoisotopic (exact) mass is 251 g/mol. The molecular weight excluding hydrogens is 238 g/mol. The number of esters is 1. The van der Waals surface area contributed by atoms with Crippen molar-refractivity contribution in [3.05, 3.63) is 35.9 Å². The van der Waals surface area contributed by atoms with E-state index in [1.807, 2.05) is 6.07 Å². The number of aliphatic imine (C=N–C) groups is 1. The number of benzene rings is 1. The van der Waals surface area contributed by atoms with E-state index in [0.717, 1.165) is 5.56 Å². The van der Waals surface area contributed by atoms with Gasteiger partial charge in [-0.05, 0) is 5.56 Å². The van der Waals surface area contributed by atoms with Crippen LogP contribution in [0.3, 0.4) is 0 Å². The molecular formula is C11H13N3O4. The second-order valence-corrected chi connectivity index (χ2v) is 3.24. The minimum absolute atomic E-state index is 0.0979. The topological polar surface area (TPSA) is 117 Å². The number of rotatable bonds is 4. The first-order chi connectivity index (χ1) is 8.58. The minimum Gasteiger partial charge on any atom is -0.428 e. The average molecular weight is 251 g/mol. The molecule has 0 saturated carbocycles. The maximum Gasteiger partial charge on any atom is 0.439 e. The number of nitrogens with zero attached hydrogens (tertiary/aromatic N) is 1. The molecule has 0 atom stereocenters. The van der Waals surface area contributed by atoms with Gasteiger partial charge in [-0.1, -0.05) is 30.3 Å². The molecule has 0 aliphatic carbocycles. The predicted molar refractivity (Wildman–Crippen MR) is 63.4 cm³/mol. The summed E-state index contributed by atoms with van der Waals surface area (Å²) in [5, 5.41) is 0. The fourth-order valence-corrected chi connectivity index (χ4v) is 1.10. The summed E-state index contributed by atoms with van der Waals surface area (Å²) in [7, 11) is 0. The average Bonchev–Trinajstić information content (AvgIpc) is 2.29. The number of carbonyl (C=O) groups is 2. The minimum atomic E-state index is -1.01. The van der Waals surface area contributed by atoms with Crippen molar-refractivity contribution < 1.29 is 19.1 Å². The molecule has 7 nitrogen and oxygen atoms in total. The molecule has 1 aromatic carbocycles. The van der Waals surface area contributed by atoms with Gasteiger partial charge < -0.3 is 20.9 Å². The molecule has 18 heavy (non-hydrogen) atoms. The fourth-order valence-electron chi connectivity index (χ4n) is 1.10. The number of guanidine groups is 1. The van der Waals surface area contributed by atoms with Crippen LogP contribution in [0.5, 0.6) is 0 Å². The largest absolute Gasteiger partial charge is 0.439 e. The maximum atomic E-state index is 11.3. The lowest BCUT2D eigenvalue weighted by atomic mass is 10.2. The molecule has 0 spiro atoms. The van der Waals surface area contributed by atoms with E-state index in [1.165, 1.54) is 0 Å². The van der Waals surface area contributed by atoms with Gasteiger partial charge in [0, 0.05) is 0 Å². The van der Waals surface area contributed by atoms with E-state index in [9.17, 15) is 9.59 Å². The van der Waals surface area contributed by atoms with Crippen molar-refractivity contribution >= 4 is 18.0 Å². The molecule has 4 N–H and O–H groups in total. The standard InChI is InChI=1S/C11H13N3O4/c12-10(13)14-11(16)18-7-17-9(15)6-8-4-2-1-3-5-8/h1-5H,6-7H2,(H4,12,13,14,16). The van der Waals surface area contributed by atoms with Crippen molar-refractivity contribution in [3.63, 3.8) is 0 Å². The molecule has 0 aromatic heterocycles. The number of carbonyl (C=O) groups excluding carboxylic acids is 2. The normalized spacial score (nSPS) is 9.33. The van der Waals surface area contributed by atoms with Crippen LogP contribution < -0.4 is 11.5 Å².